The Balaban J connectivity index is 2.58. The van der Waals surface area contributed by atoms with E-state index in [-0.39, 0.29) is 5.41 Å². The number of anilines is 2. The molecule has 5 heteroatoms. The van der Waals surface area contributed by atoms with E-state index in [4.69, 9.17) is 10.5 Å². The van der Waals surface area contributed by atoms with E-state index in [1.54, 1.807) is 0 Å². The van der Waals surface area contributed by atoms with Crippen LogP contribution in [0.2, 0.25) is 0 Å². The zero-order chi connectivity index (χ0) is 15.0. The van der Waals surface area contributed by atoms with Gasteiger partial charge in [0.15, 0.2) is 5.82 Å². The summed E-state index contributed by atoms with van der Waals surface area (Å²) < 4.78 is 5.37. The van der Waals surface area contributed by atoms with Crippen molar-refractivity contribution in [2.75, 3.05) is 24.2 Å². The molecule has 0 amide bonds. The van der Waals surface area contributed by atoms with Crippen molar-refractivity contribution in [3.05, 3.63) is 6.33 Å². The van der Waals surface area contributed by atoms with Crippen LogP contribution in [0.25, 0.3) is 0 Å². The summed E-state index contributed by atoms with van der Waals surface area (Å²) in [7, 11) is 0. The number of hydrogen-bond donors (Lipinski definition) is 2. The summed E-state index contributed by atoms with van der Waals surface area (Å²) in [4.78, 5) is 8.23. The lowest BCUT2D eigenvalue weighted by molar-refractivity contribution is 0.327. The van der Waals surface area contributed by atoms with Crippen molar-refractivity contribution in [2.24, 2.45) is 5.41 Å². The van der Waals surface area contributed by atoms with Crippen LogP contribution in [0.15, 0.2) is 6.33 Å². The number of hydrogen-bond acceptors (Lipinski definition) is 5. The molecular formula is C15H28N4O. The third-order valence-corrected chi connectivity index (χ3v) is 3.32. The lowest BCUT2D eigenvalue weighted by Crippen LogP contribution is -2.24. The van der Waals surface area contributed by atoms with Gasteiger partial charge in [0.25, 0.3) is 0 Å². The fraction of sp³-hybridized carbons (Fsp3) is 0.733. The number of nitrogens with one attached hydrogen (secondary N) is 1. The average Bonchev–Trinajstić information content (AvgIpc) is 2.40. The first-order chi connectivity index (χ1) is 9.50. The van der Waals surface area contributed by atoms with Crippen molar-refractivity contribution in [1.29, 1.82) is 0 Å². The highest BCUT2D eigenvalue weighted by atomic mass is 16.5. The molecule has 0 aromatic carbocycles. The van der Waals surface area contributed by atoms with Gasteiger partial charge in [-0.3, -0.25) is 0 Å². The second kappa shape index (κ2) is 7.92. The smallest absolute Gasteiger partial charge is 0.242 e. The topological polar surface area (TPSA) is 73.1 Å². The molecule has 0 bridgehead atoms. The number of ether oxygens (including phenoxy) is 1. The van der Waals surface area contributed by atoms with Gasteiger partial charge in [0.05, 0.1) is 6.61 Å². The fourth-order valence-electron chi connectivity index (χ4n) is 2.04. The highest BCUT2D eigenvalue weighted by Crippen LogP contribution is 2.28. The maximum absolute atomic E-state index is 6.01. The van der Waals surface area contributed by atoms with Gasteiger partial charge in [0.1, 0.15) is 12.0 Å². The van der Waals surface area contributed by atoms with Crippen LogP contribution < -0.4 is 15.8 Å². The molecule has 1 aromatic heterocycles. The van der Waals surface area contributed by atoms with E-state index in [1.807, 2.05) is 6.92 Å². The molecule has 0 fully saturated rings. The number of rotatable bonds is 9. The Morgan fingerprint density at radius 1 is 1.25 bits per heavy atom. The predicted molar refractivity (Wildman–Crippen MR) is 84.0 cm³/mol. The van der Waals surface area contributed by atoms with Crippen molar-refractivity contribution >= 4 is 11.5 Å². The Morgan fingerprint density at radius 2 is 2.00 bits per heavy atom. The van der Waals surface area contributed by atoms with Gasteiger partial charge >= 0.3 is 0 Å². The van der Waals surface area contributed by atoms with Crippen LogP contribution >= 0.6 is 0 Å². The summed E-state index contributed by atoms with van der Waals surface area (Å²) in [5.41, 5.74) is 6.71. The summed E-state index contributed by atoms with van der Waals surface area (Å²) in [6.45, 7) is 10.0. The van der Waals surface area contributed by atoms with Crippen LogP contribution in [-0.2, 0) is 0 Å². The van der Waals surface area contributed by atoms with Crippen LogP contribution in [0.4, 0.5) is 11.5 Å². The van der Waals surface area contributed by atoms with E-state index in [1.165, 1.54) is 32.0 Å². The summed E-state index contributed by atoms with van der Waals surface area (Å²) in [5, 5.41) is 3.32. The van der Waals surface area contributed by atoms with Gasteiger partial charge in [-0.15, -0.1) is 0 Å². The standard InChI is InChI=1S/C15H28N4O/c1-5-7-8-9-15(3,4)10-17-13-12(16)14(20-6-2)19-11-18-13/h11H,5-10,16H2,1-4H3,(H,17,18,19). The summed E-state index contributed by atoms with van der Waals surface area (Å²) in [6, 6.07) is 0. The SMILES string of the molecule is CCCCCC(C)(C)CNc1ncnc(OCC)c1N. The van der Waals surface area contributed by atoms with E-state index in [2.05, 4.69) is 36.1 Å². The molecular weight excluding hydrogens is 252 g/mol. The van der Waals surface area contributed by atoms with Crippen molar-refractivity contribution < 1.29 is 4.74 Å². The van der Waals surface area contributed by atoms with Crippen molar-refractivity contribution in [3.63, 3.8) is 0 Å². The number of nitrogens with two attached hydrogens (primary N) is 1. The van der Waals surface area contributed by atoms with Gasteiger partial charge in [-0.25, -0.2) is 4.98 Å². The first-order valence-electron chi connectivity index (χ1n) is 7.47. The van der Waals surface area contributed by atoms with Crippen molar-refractivity contribution in [3.8, 4) is 5.88 Å². The molecule has 0 aliphatic heterocycles. The molecule has 5 nitrogen and oxygen atoms in total. The minimum atomic E-state index is 0.221. The Labute approximate surface area is 122 Å². The minimum Gasteiger partial charge on any atom is -0.476 e. The second-order valence-corrected chi connectivity index (χ2v) is 5.85. The predicted octanol–water partition coefficient (Wildman–Crippen LogP) is 3.48. The number of nitrogen functional groups attached to an aromatic ring is 1. The van der Waals surface area contributed by atoms with Gasteiger partial charge in [0.2, 0.25) is 5.88 Å². The molecule has 0 saturated heterocycles. The maximum atomic E-state index is 6.01. The molecule has 0 saturated carbocycles. The summed E-state index contributed by atoms with van der Waals surface area (Å²) >= 11 is 0. The first kappa shape index (κ1) is 16.5. The molecule has 0 aliphatic carbocycles. The van der Waals surface area contributed by atoms with Crippen LogP contribution in [0.1, 0.15) is 53.4 Å². The van der Waals surface area contributed by atoms with E-state index in [0.29, 0.717) is 24.0 Å². The van der Waals surface area contributed by atoms with Gasteiger partial charge < -0.3 is 15.8 Å². The summed E-state index contributed by atoms with van der Waals surface area (Å²) in [5.74, 6) is 1.11. The minimum absolute atomic E-state index is 0.221. The van der Waals surface area contributed by atoms with E-state index in [9.17, 15) is 0 Å². The van der Waals surface area contributed by atoms with Gasteiger partial charge in [-0.1, -0.05) is 40.0 Å². The average molecular weight is 280 g/mol. The Kier molecular flexibility index (Phi) is 6.55. The second-order valence-electron chi connectivity index (χ2n) is 5.85. The number of nitrogens with zero attached hydrogens (tertiary/aromatic N) is 2. The van der Waals surface area contributed by atoms with Crippen LogP contribution in [0.3, 0.4) is 0 Å². The number of unbranched alkanes of at least 4 members (excludes halogenated alkanes) is 2. The Bertz CT molecular complexity index is 407. The molecule has 114 valence electrons. The van der Waals surface area contributed by atoms with Crippen LogP contribution in [0.5, 0.6) is 5.88 Å². The zero-order valence-electron chi connectivity index (χ0n) is 13.2. The van der Waals surface area contributed by atoms with E-state index >= 15 is 0 Å². The lowest BCUT2D eigenvalue weighted by atomic mass is 9.87. The first-order valence-corrected chi connectivity index (χ1v) is 7.47. The molecule has 0 radical (unpaired) electrons. The largest absolute Gasteiger partial charge is 0.476 e. The van der Waals surface area contributed by atoms with Crippen LogP contribution in [0, 0.1) is 5.41 Å². The molecule has 1 heterocycles. The zero-order valence-corrected chi connectivity index (χ0v) is 13.2. The fourth-order valence-corrected chi connectivity index (χ4v) is 2.04. The van der Waals surface area contributed by atoms with E-state index < -0.39 is 0 Å². The molecule has 0 unspecified atom stereocenters. The monoisotopic (exact) mass is 280 g/mol. The van der Waals surface area contributed by atoms with Gasteiger partial charge in [-0.2, -0.15) is 4.98 Å². The quantitative estimate of drug-likeness (QED) is 0.677. The molecule has 0 spiro atoms. The Hall–Kier alpha value is -1.52. The Morgan fingerprint density at radius 3 is 2.65 bits per heavy atom. The highest BCUT2D eigenvalue weighted by molar-refractivity contribution is 5.66. The summed E-state index contributed by atoms with van der Waals surface area (Å²) in [6.07, 6.45) is 6.47. The van der Waals surface area contributed by atoms with Gasteiger partial charge in [0, 0.05) is 6.54 Å². The maximum Gasteiger partial charge on any atom is 0.242 e. The van der Waals surface area contributed by atoms with E-state index in [0.717, 1.165) is 6.54 Å². The third-order valence-electron chi connectivity index (χ3n) is 3.32. The third kappa shape index (κ3) is 5.23. The van der Waals surface area contributed by atoms with Crippen molar-refractivity contribution in [1.82, 2.24) is 9.97 Å². The normalized spacial score (nSPS) is 11.4. The molecule has 0 atom stereocenters. The van der Waals surface area contributed by atoms with Crippen LogP contribution in [-0.4, -0.2) is 23.1 Å². The molecule has 1 rings (SSSR count). The molecule has 3 N–H and O–H groups in total. The number of aromatic nitrogens is 2. The van der Waals surface area contributed by atoms with Crippen molar-refractivity contribution in [2.45, 2.75) is 53.4 Å². The molecule has 0 aliphatic rings. The van der Waals surface area contributed by atoms with Gasteiger partial charge in [-0.05, 0) is 18.8 Å². The molecule has 1 aromatic rings. The molecule has 20 heavy (non-hydrogen) atoms. The lowest BCUT2D eigenvalue weighted by Gasteiger charge is -2.25. The highest BCUT2D eigenvalue weighted by Gasteiger charge is 2.18.